The van der Waals surface area contributed by atoms with Gasteiger partial charge in [-0.05, 0) is 49.9 Å². The molecule has 4 nitrogen and oxygen atoms in total. The standard InChI is InChI=1S/C21H28N2O2/c1-24-20(15-17-7-4-3-5-8-17)18-10-13-23(14-11-18)16-19-9-6-12-22-21(19)25-2/h3-9,12,18,20H,10-11,13-16H2,1-2H3. The Morgan fingerprint density at radius 1 is 1.08 bits per heavy atom. The summed E-state index contributed by atoms with van der Waals surface area (Å²) in [5.41, 5.74) is 2.52. The van der Waals surface area contributed by atoms with Gasteiger partial charge in [0, 0.05) is 25.4 Å². The van der Waals surface area contributed by atoms with Gasteiger partial charge in [-0.2, -0.15) is 0 Å². The van der Waals surface area contributed by atoms with Crippen molar-refractivity contribution in [1.82, 2.24) is 9.88 Å². The van der Waals surface area contributed by atoms with Crippen molar-refractivity contribution in [2.75, 3.05) is 27.3 Å². The molecule has 0 aliphatic carbocycles. The number of pyridine rings is 1. The summed E-state index contributed by atoms with van der Waals surface area (Å²) in [5.74, 6) is 1.36. The first-order chi connectivity index (χ1) is 12.3. The molecule has 2 aromatic rings. The van der Waals surface area contributed by atoms with Gasteiger partial charge in [0.2, 0.25) is 5.88 Å². The van der Waals surface area contributed by atoms with Crippen molar-refractivity contribution >= 4 is 0 Å². The van der Waals surface area contributed by atoms with Crippen molar-refractivity contribution in [3.05, 3.63) is 59.8 Å². The van der Waals surface area contributed by atoms with Gasteiger partial charge in [-0.3, -0.25) is 4.90 Å². The Morgan fingerprint density at radius 2 is 1.84 bits per heavy atom. The molecule has 4 heteroatoms. The molecular formula is C21H28N2O2. The Labute approximate surface area is 150 Å². The molecule has 3 rings (SSSR count). The maximum atomic E-state index is 5.84. The molecule has 0 saturated carbocycles. The van der Waals surface area contributed by atoms with E-state index in [1.165, 1.54) is 18.4 Å². The summed E-state index contributed by atoms with van der Waals surface area (Å²) in [5, 5.41) is 0. The van der Waals surface area contributed by atoms with E-state index in [0.29, 0.717) is 12.0 Å². The fourth-order valence-corrected chi connectivity index (χ4v) is 3.74. The van der Waals surface area contributed by atoms with Crippen LogP contribution >= 0.6 is 0 Å². The third-order valence-corrected chi connectivity index (χ3v) is 5.18. The van der Waals surface area contributed by atoms with Crippen LogP contribution in [0.15, 0.2) is 48.7 Å². The summed E-state index contributed by atoms with van der Waals surface area (Å²) in [6.45, 7) is 3.09. The minimum atomic E-state index is 0.303. The topological polar surface area (TPSA) is 34.6 Å². The number of benzene rings is 1. The zero-order valence-electron chi connectivity index (χ0n) is 15.2. The lowest BCUT2D eigenvalue weighted by Gasteiger charge is -2.35. The highest BCUT2D eigenvalue weighted by atomic mass is 16.5. The zero-order chi connectivity index (χ0) is 17.5. The molecule has 1 atom stereocenters. The van der Waals surface area contributed by atoms with Crippen molar-refractivity contribution in [1.29, 1.82) is 0 Å². The highest BCUT2D eigenvalue weighted by Crippen LogP contribution is 2.27. The predicted molar refractivity (Wildman–Crippen MR) is 99.7 cm³/mol. The van der Waals surface area contributed by atoms with Crippen molar-refractivity contribution in [2.24, 2.45) is 5.92 Å². The molecule has 1 saturated heterocycles. The summed E-state index contributed by atoms with van der Waals surface area (Å²) in [6.07, 6.45) is 5.43. The van der Waals surface area contributed by atoms with Gasteiger partial charge >= 0.3 is 0 Å². The lowest BCUT2D eigenvalue weighted by atomic mass is 9.87. The summed E-state index contributed by atoms with van der Waals surface area (Å²) in [7, 11) is 3.53. The Morgan fingerprint density at radius 3 is 2.52 bits per heavy atom. The van der Waals surface area contributed by atoms with Crippen molar-refractivity contribution < 1.29 is 9.47 Å². The average Bonchev–Trinajstić information content (AvgIpc) is 2.68. The number of likely N-dealkylation sites (tertiary alicyclic amines) is 1. The molecule has 1 aliphatic rings. The molecule has 0 radical (unpaired) electrons. The Balaban J connectivity index is 1.54. The van der Waals surface area contributed by atoms with Gasteiger partial charge in [-0.25, -0.2) is 4.98 Å². The van der Waals surface area contributed by atoms with Gasteiger partial charge in [0.05, 0.1) is 13.2 Å². The number of rotatable bonds is 7. The number of ether oxygens (including phenoxy) is 2. The molecule has 2 heterocycles. The monoisotopic (exact) mass is 340 g/mol. The number of piperidine rings is 1. The third-order valence-electron chi connectivity index (χ3n) is 5.18. The first-order valence-electron chi connectivity index (χ1n) is 9.07. The quantitative estimate of drug-likeness (QED) is 0.772. The SMILES string of the molecule is COc1ncccc1CN1CCC(C(Cc2ccccc2)OC)CC1. The smallest absolute Gasteiger partial charge is 0.217 e. The minimum Gasteiger partial charge on any atom is -0.481 e. The maximum Gasteiger partial charge on any atom is 0.217 e. The molecule has 1 aromatic heterocycles. The van der Waals surface area contributed by atoms with Crippen molar-refractivity contribution in [3.8, 4) is 5.88 Å². The van der Waals surface area contributed by atoms with Crippen molar-refractivity contribution in [2.45, 2.75) is 31.9 Å². The molecule has 1 aromatic carbocycles. The van der Waals surface area contributed by atoms with E-state index in [9.17, 15) is 0 Å². The van der Waals surface area contributed by atoms with Crippen LogP contribution in [0.1, 0.15) is 24.0 Å². The highest BCUT2D eigenvalue weighted by Gasteiger charge is 2.27. The van der Waals surface area contributed by atoms with Crippen LogP contribution in [0.4, 0.5) is 0 Å². The second-order valence-electron chi connectivity index (χ2n) is 6.75. The largest absolute Gasteiger partial charge is 0.481 e. The minimum absolute atomic E-state index is 0.303. The number of hydrogen-bond acceptors (Lipinski definition) is 4. The van der Waals surface area contributed by atoms with E-state index in [1.807, 2.05) is 13.2 Å². The molecule has 0 amide bonds. The second-order valence-corrected chi connectivity index (χ2v) is 6.75. The molecule has 25 heavy (non-hydrogen) atoms. The van der Waals surface area contributed by atoms with Crippen LogP contribution in [0, 0.1) is 5.92 Å². The van der Waals surface area contributed by atoms with Crippen LogP contribution in [0.25, 0.3) is 0 Å². The summed E-state index contributed by atoms with van der Waals surface area (Å²) in [4.78, 5) is 6.79. The number of hydrogen-bond donors (Lipinski definition) is 0. The normalized spacial score (nSPS) is 17.4. The van der Waals surface area contributed by atoms with E-state index in [4.69, 9.17) is 9.47 Å². The number of aromatic nitrogens is 1. The van der Waals surface area contributed by atoms with Gasteiger partial charge in [0.1, 0.15) is 0 Å². The fourth-order valence-electron chi connectivity index (χ4n) is 3.74. The van der Waals surface area contributed by atoms with Gasteiger partial charge in [-0.1, -0.05) is 36.4 Å². The zero-order valence-corrected chi connectivity index (χ0v) is 15.2. The third kappa shape index (κ3) is 4.80. The van der Waals surface area contributed by atoms with Crippen LogP contribution in [0.2, 0.25) is 0 Å². The highest BCUT2D eigenvalue weighted by molar-refractivity contribution is 5.25. The van der Waals surface area contributed by atoms with Gasteiger partial charge in [0.25, 0.3) is 0 Å². The van der Waals surface area contributed by atoms with Gasteiger partial charge < -0.3 is 9.47 Å². The summed E-state index contributed by atoms with van der Waals surface area (Å²) >= 11 is 0. The average molecular weight is 340 g/mol. The van der Waals surface area contributed by atoms with E-state index < -0.39 is 0 Å². The predicted octanol–water partition coefficient (Wildman–Crippen LogP) is 3.56. The van der Waals surface area contributed by atoms with E-state index in [0.717, 1.165) is 37.5 Å². The fraction of sp³-hybridized carbons (Fsp3) is 0.476. The van der Waals surface area contributed by atoms with E-state index >= 15 is 0 Å². The second kappa shape index (κ2) is 8.97. The molecule has 134 valence electrons. The molecule has 1 unspecified atom stereocenters. The first-order valence-corrected chi connectivity index (χ1v) is 9.07. The van der Waals surface area contributed by atoms with Gasteiger partial charge in [0.15, 0.2) is 0 Å². The molecular weight excluding hydrogens is 312 g/mol. The Kier molecular flexibility index (Phi) is 6.42. The Hall–Kier alpha value is -1.91. The lowest BCUT2D eigenvalue weighted by molar-refractivity contribution is 0.0205. The maximum absolute atomic E-state index is 5.84. The van der Waals surface area contributed by atoms with E-state index in [-0.39, 0.29) is 0 Å². The van der Waals surface area contributed by atoms with Crippen molar-refractivity contribution in [3.63, 3.8) is 0 Å². The van der Waals surface area contributed by atoms with Crippen LogP contribution in [-0.4, -0.2) is 43.3 Å². The molecule has 1 aliphatic heterocycles. The number of nitrogens with zero attached hydrogens (tertiary/aromatic N) is 2. The Bertz CT molecular complexity index is 639. The van der Waals surface area contributed by atoms with Crippen LogP contribution in [0.3, 0.4) is 0 Å². The molecule has 0 spiro atoms. The van der Waals surface area contributed by atoms with Gasteiger partial charge in [-0.15, -0.1) is 0 Å². The van der Waals surface area contributed by atoms with Crippen LogP contribution in [0.5, 0.6) is 5.88 Å². The number of methoxy groups -OCH3 is 2. The molecule has 1 fully saturated rings. The van der Waals surface area contributed by atoms with Crippen LogP contribution < -0.4 is 4.74 Å². The lowest BCUT2D eigenvalue weighted by Crippen LogP contribution is -2.38. The summed E-state index contributed by atoms with van der Waals surface area (Å²) in [6, 6.07) is 14.7. The van der Waals surface area contributed by atoms with E-state index in [1.54, 1.807) is 13.3 Å². The van der Waals surface area contributed by atoms with Crippen LogP contribution in [-0.2, 0) is 17.7 Å². The summed E-state index contributed by atoms with van der Waals surface area (Å²) < 4.78 is 11.2. The molecule has 0 bridgehead atoms. The van der Waals surface area contributed by atoms with E-state index in [2.05, 4.69) is 46.3 Å². The first kappa shape index (κ1) is 17.9. The molecule has 0 N–H and O–H groups in total.